The number of benzene rings is 3. The van der Waals surface area contributed by atoms with Gasteiger partial charge in [0.1, 0.15) is 34.8 Å². The van der Waals surface area contributed by atoms with E-state index < -0.39 is 0 Å². The summed E-state index contributed by atoms with van der Waals surface area (Å²) in [6.07, 6.45) is 0. The number of methoxy groups -OCH3 is 1. The zero-order valence-corrected chi connectivity index (χ0v) is 17.8. The largest absolute Gasteiger partial charge is 0.497 e. The maximum Gasteiger partial charge on any atom is 0.261 e. The molecule has 0 saturated carbocycles. The number of aromatic nitrogens is 3. The van der Waals surface area contributed by atoms with Crippen LogP contribution in [0.4, 0.5) is 5.82 Å². The van der Waals surface area contributed by atoms with Crippen LogP contribution in [0.2, 0.25) is 0 Å². The van der Waals surface area contributed by atoms with Crippen LogP contribution in [0.5, 0.6) is 11.5 Å². The summed E-state index contributed by atoms with van der Waals surface area (Å²) in [4.78, 5) is 15.9. The van der Waals surface area contributed by atoms with Crippen molar-refractivity contribution in [2.75, 3.05) is 12.8 Å². The van der Waals surface area contributed by atoms with Crippen LogP contribution in [-0.4, -0.2) is 21.9 Å². The Bertz CT molecular complexity index is 1500. The molecule has 0 radical (unpaired) electrons. The van der Waals surface area contributed by atoms with Gasteiger partial charge in [0.15, 0.2) is 0 Å². The van der Waals surface area contributed by atoms with Gasteiger partial charge in [-0.3, -0.25) is 4.79 Å². The van der Waals surface area contributed by atoms with Crippen molar-refractivity contribution in [2.24, 2.45) is 0 Å². The number of nitrogens with zero attached hydrogens (tertiary/aromatic N) is 2. The number of ether oxygens (including phenoxy) is 2. The highest BCUT2D eigenvalue weighted by Gasteiger charge is 2.20. The van der Waals surface area contributed by atoms with E-state index in [0.717, 1.165) is 16.8 Å². The van der Waals surface area contributed by atoms with Crippen LogP contribution in [0.15, 0.2) is 71.5 Å². The molecule has 7 nitrogen and oxygen atoms in total. The first-order valence-corrected chi connectivity index (χ1v) is 10.2. The Balaban J connectivity index is 1.76. The van der Waals surface area contributed by atoms with Crippen LogP contribution >= 0.6 is 0 Å². The van der Waals surface area contributed by atoms with Crippen molar-refractivity contribution < 1.29 is 9.47 Å². The predicted molar refractivity (Wildman–Crippen MR) is 126 cm³/mol. The fourth-order valence-corrected chi connectivity index (χ4v) is 3.90. The second-order valence-corrected chi connectivity index (χ2v) is 7.58. The standard InChI is InChI=1S/C25H22N4O3/c1-15-8-6-7-11-19(15)29-24(26)22-23(28-29)21-18(27-25(22)30)12-17(31-2)13-20(21)32-14-16-9-4-3-5-10-16/h3-13H,14,26H2,1-2H3,(H,27,30). The van der Waals surface area contributed by atoms with Crippen molar-refractivity contribution in [3.05, 3.63) is 88.2 Å². The summed E-state index contributed by atoms with van der Waals surface area (Å²) in [7, 11) is 1.57. The molecule has 3 aromatic carbocycles. The van der Waals surface area contributed by atoms with Gasteiger partial charge in [-0.05, 0) is 24.1 Å². The first kappa shape index (κ1) is 19.7. The lowest BCUT2D eigenvalue weighted by molar-refractivity contribution is 0.307. The fraction of sp³-hybridized carbons (Fsp3) is 0.120. The normalized spacial score (nSPS) is 11.2. The van der Waals surface area contributed by atoms with E-state index in [1.54, 1.807) is 23.9 Å². The van der Waals surface area contributed by atoms with Crippen LogP contribution in [0.1, 0.15) is 11.1 Å². The number of hydrogen-bond donors (Lipinski definition) is 2. The molecular formula is C25H22N4O3. The topological polar surface area (TPSA) is 95.2 Å². The SMILES string of the molecule is COc1cc(OCc2ccccc2)c2c(c1)[nH]c(=O)c1c(N)n(-c3ccccc3C)nc12. The van der Waals surface area contributed by atoms with Crippen molar-refractivity contribution in [1.29, 1.82) is 0 Å². The summed E-state index contributed by atoms with van der Waals surface area (Å²) in [5, 5.41) is 5.76. The molecule has 0 spiro atoms. The van der Waals surface area contributed by atoms with Gasteiger partial charge in [0.25, 0.3) is 5.56 Å². The van der Waals surface area contributed by atoms with Crippen molar-refractivity contribution in [3.63, 3.8) is 0 Å². The third-order valence-electron chi connectivity index (χ3n) is 5.53. The molecular weight excluding hydrogens is 404 g/mol. The Morgan fingerprint density at radius 2 is 1.78 bits per heavy atom. The molecule has 2 heterocycles. The highest BCUT2D eigenvalue weighted by atomic mass is 16.5. The first-order chi connectivity index (χ1) is 15.6. The highest BCUT2D eigenvalue weighted by Crippen LogP contribution is 2.36. The minimum atomic E-state index is -0.313. The van der Waals surface area contributed by atoms with Gasteiger partial charge in [0.05, 0.1) is 23.7 Å². The number of nitrogens with one attached hydrogen (secondary N) is 1. The molecule has 0 fully saturated rings. The number of aryl methyl sites for hydroxylation is 1. The Kier molecular flexibility index (Phi) is 4.78. The molecule has 160 valence electrons. The smallest absolute Gasteiger partial charge is 0.261 e. The summed E-state index contributed by atoms with van der Waals surface area (Å²) < 4.78 is 13.2. The number of anilines is 1. The molecule has 5 aromatic rings. The Morgan fingerprint density at radius 3 is 2.53 bits per heavy atom. The fourth-order valence-electron chi connectivity index (χ4n) is 3.90. The summed E-state index contributed by atoms with van der Waals surface area (Å²) in [6.45, 7) is 2.33. The first-order valence-electron chi connectivity index (χ1n) is 10.2. The van der Waals surface area contributed by atoms with Crippen LogP contribution in [0.3, 0.4) is 0 Å². The van der Waals surface area contributed by atoms with E-state index in [2.05, 4.69) is 4.98 Å². The molecule has 2 aromatic heterocycles. The number of aromatic amines is 1. The monoisotopic (exact) mass is 426 g/mol. The molecule has 32 heavy (non-hydrogen) atoms. The second kappa shape index (κ2) is 7.77. The summed E-state index contributed by atoms with van der Waals surface area (Å²) in [6, 6.07) is 21.2. The molecule has 0 unspecified atom stereocenters. The summed E-state index contributed by atoms with van der Waals surface area (Å²) >= 11 is 0. The zero-order chi connectivity index (χ0) is 22.2. The Hall–Kier alpha value is -4.26. The number of para-hydroxylation sites is 1. The zero-order valence-electron chi connectivity index (χ0n) is 17.8. The van der Waals surface area contributed by atoms with E-state index in [4.69, 9.17) is 20.3 Å². The molecule has 7 heteroatoms. The Labute approximate surface area is 184 Å². The van der Waals surface area contributed by atoms with Gasteiger partial charge in [-0.25, -0.2) is 4.68 Å². The quantitative estimate of drug-likeness (QED) is 0.436. The van der Waals surface area contributed by atoms with Crippen molar-refractivity contribution in [3.8, 4) is 17.2 Å². The van der Waals surface area contributed by atoms with E-state index >= 15 is 0 Å². The van der Waals surface area contributed by atoms with Gasteiger partial charge in [0, 0.05) is 12.1 Å². The van der Waals surface area contributed by atoms with Crippen molar-refractivity contribution in [2.45, 2.75) is 13.5 Å². The molecule has 0 amide bonds. The lowest BCUT2D eigenvalue weighted by atomic mass is 10.1. The molecule has 5 rings (SSSR count). The van der Waals surface area contributed by atoms with Crippen LogP contribution in [0, 0.1) is 6.92 Å². The molecule has 0 aliphatic rings. The van der Waals surface area contributed by atoms with Crippen LogP contribution in [0.25, 0.3) is 27.5 Å². The number of hydrogen-bond acceptors (Lipinski definition) is 5. The van der Waals surface area contributed by atoms with Gasteiger partial charge in [-0.1, -0.05) is 48.5 Å². The highest BCUT2D eigenvalue weighted by molar-refractivity contribution is 6.10. The van der Waals surface area contributed by atoms with Crippen LogP contribution in [-0.2, 0) is 6.61 Å². The van der Waals surface area contributed by atoms with E-state index in [9.17, 15) is 4.79 Å². The molecule has 0 bridgehead atoms. The number of fused-ring (bicyclic) bond motifs is 3. The predicted octanol–water partition coefficient (Wildman–Crippen LogP) is 4.35. The molecule has 0 aliphatic carbocycles. The molecule has 3 N–H and O–H groups in total. The van der Waals surface area contributed by atoms with Gasteiger partial charge >= 0.3 is 0 Å². The third kappa shape index (κ3) is 3.24. The number of nitrogens with two attached hydrogens (primary N) is 1. The molecule has 0 aliphatic heterocycles. The summed E-state index contributed by atoms with van der Waals surface area (Å²) in [5.41, 5.74) is 9.99. The van der Waals surface area contributed by atoms with Crippen LogP contribution < -0.4 is 20.8 Å². The Morgan fingerprint density at radius 1 is 1.03 bits per heavy atom. The lowest BCUT2D eigenvalue weighted by Crippen LogP contribution is -2.09. The lowest BCUT2D eigenvalue weighted by Gasteiger charge is -2.12. The van der Waals surface area contributed by atoms with Gasteiger partial charge < -0.3 is 20.2 Å². The van der Waals surface area contributed by atoms with Gasteiger partial charge in [0.2, 0.25) is 0 Å². The molecule has 0 saturated heterocycles. The van der Waals surface area contributed by atoms with E-state index in [1.165, 1.54) is 0 Å². The number of rotatable bonds is 5. The van der Waals surface area contributed by atoms with E-state index in [1.807, 2.05) is 61.5 Å². The maximum absolute atomic E-state index is 13.0. The average Bonchev–Trinajstić information content (AvgIpc) is 3.15. The maximum atomic E-state index is 13.0. The number of pyridine rings is 1. The van der Waals surface area contributed by atoms with Gasteiger partial charge in [-0.2, -0.15) is 5.10 Å². The number of nitrogen functional groups attached to an aromatic ring is 1. The molecule has 0 atom stereocenters. The third-order valence-corrected chi connectivity index (χ3v) is 5.53. The average molecular weight is 426 g/mol. The minimum Gasteiger partial charge on any atom is -0.497 e. The van der Waals surface area contributed by atoms with Crippen molar-refractivity contribution in [1.82, 2.24) is 14.8 Å². The second-order valence-electron chi connectivity index (χ2n) is 7.58. The summed E-state index contributed by atoms with van der Waals surface area (Å²) in [5.74, 6) is 1.41. The minimum absolute atomic E-state index is 0.280. The van der Waals surface area contributed by atoms with Gasteiger partial charge in [-0.15, -0.1) is 0 Å². The van der Waals surface area contributed by atoms with E-state index in [0.29, 0.717) is 39.9 Å². The van der Waals surface area contributed by atoms with Crippen molar-refractivity contribution >= 4 is 27.6 Å². The number of H-pyrrole nitrogens is 1. The van der Waals surface area contributed by atoms with E-state index in [-0.39, 0.29) is 11.4 Å².